The van der Waals surface area contributed by atoms with Crippen molar-refractivity contribution in [2.75, 3.05) is 26.8 Å². The molecule has 2 atom stereocenters. The Kier molecular flexibility index (Phi) is 5.26. The van der Waals surface area contributed by atoms with Crippen LogP contribution in [0, 0.1) is 5.92 Å². The lowest BCUT2D eigenvalue weighted by atomic mass is 9.78. The number of ether oxygens (including phenoxy) is 1. The molecule has 18 heavy (non-hydrogen) atoms. The molecule has 2 fully saturated rings. The third kappa shape index (κ3) is 3.14. The fourth-order valence-electron chi connectivity index (χ4n) is 3.35. The summed E-state index contributed by atoms with van der Waals surface area (Å²) in [4.78, 5) is 6.92. The zero-order valence-electron chi connectivity index (χ0n) is 11.4. The van der Waals surface area contributed by atoms with Crippen molar-refractivity contribution in [1.82, 2.24) is 10.3 Å². The van der Waals surface area contributed by atoms with Crippen LogP contribution in [-0.4, -0.2) is 43.7 Å². The summed E-state index contributed by atoms with van der Waals surface area (Å²) >= 11 is 0. The Morgan fingerprint density at radius 2 is 2.11 bits per heavy atom. The third-order valence-corrected chi connectivity index (χ3v) is 4.20. The molecule has 5 heteroatoms. The van der Waals surface area contributed by atoms with E-state index in [1.54, 1.807) is 7.11 Å². The van der Waals surface area contributed by atoms with Crippen LogP contribution in [-0.2, 0) is 4.74 Å². The van der Waals surface area contributed by atoms with E-state index in [0.717, 1.165) is 18.4 Å². The number of fused-ring (bicyclic) bond motifs is 1. The van der Waals surface area contributed by atoms with Crippen LogP contribution in [0.1, 0.15) is 38.5 Å². The van der Waals surface area contributed by atoms with Gasteiger partial charge in [0.2, 0.25) is 5.96 Å². The molecule has 0 aromatic rings. The first kappa shape index (κ1) is 13.6. The molecule has 0 aromatic carbocycles. The molecule has 1 saturated carbocycles. The van der Waals surface area contributed by atoms with E-state index in [0.29, 0.717) is 19.2 Å². The molecule has 0 amide bonds. The van der Waals surface area contributed by atoms with Crippen molar-refractivity contribution >= 4 is 5.96 Å². The van der Waals surface area contributed by atoms with Gasteiger partial charge in [-0.3, -0.25) is 5.43 Å². The Morgan fingerprint density at radius 3 is 2.89 bits per heavy atom. The second-order valence-corrected chi connectivity index (χ2v) is 5.29. The zero-order chi connectivity index (χ0) is 12.8. The number of piperidine rings is 1. The number of methoxy groups -OCH3 is 1. The number of nitrogens with zero attached hydrogens (tertiary/aromatic N) is 2. The van der Waals surface area contributed by atoms with E-state index in [4.69, 9.17) is 10.6 Å². The van der Waals surface area contributed by atoms with Crippen molar-refractivity contribution in [1.29, 1.82) is 0 Å². The molecular weight excluding hydrogens is 228 g/mol. The van der Waals surface area contributed by atoms with E-state index >= 15 is 0 Å². The number of guanidine groups is 1. The van der Waals surface area contributed by atoms with Gasteiger partial charge in [0.1, 0.15) is 0 Å². The second-order valence-electron chi connectivity index (χ2n) is 5.29. The van der Waals surface area contributed by atoms with E-state index in [1.165, 1.54) is 38.5 Å². The summed E-state index contributed by atoms with van der Waals surface area (Å²) in [7, 11) is 1.70. The third-order valence-electron chi connectivity index (χ3n) is 4.20. The predicted molar refractivity (Wildman–Crippen MR) is 73.2 cm³/mol. The summed E-state index contributed by atoms with van der Waals surface area (Å²) in [5, 5.41) is 0. The molecule has 0 bridgehead atoms. The summed E-state index contributed by atoms with van der Waals surface area (Å²) in [6, 6.07) is 0.643. The van der Waals surface area contributed by atoms with Crippen LogP contribution in [0.15, 0.2) is 4.99 Å². The average molecular weight is 254 g/mol. The van der Waals surface area contributed by atoms with Gasteiger partial charge in [-0.15, -0.1) is 0 Å². The van der Waals surface area contributed by atoms with Gasteiger partial charge in [0, 0.05) is 19.7 Å². The molecule has 3 N–H and O–H groups in total. The molecule has 5 nitrogen and oxygen atoms in total. The largest absolute Gasteiger partial charge is 0.383 e. The number of nitrogens with two attached hydrogens (primary N) is 1. The lowest BCUT2D eigenvalue weighted by Gasteiger charge is -2.45. The van der Waals surface area contributed by atoms with E-state index in [2.05, 4.69) is 15.3 Å². The van der Waals surface area contributed by atoms with E-state index < -0.39 is 0 Å². The molecular formula is C13H26N4O. The summed E-state index contributed by atoms with van der Waals surface area (Å²) in [6.07, 6.45) is 8.02. The van der Waals surface area contributed by atoms with Gasteiger partial charge in [0.25, 0.3) is 0 Å². The van der Waals surface area contributed by atoms with Crippen LogP contribution in [0.25, 0.3) is 0 Å². The molecule has 0 spiro atoms. The standard InChI is InChI=1S/C13H26N4O/c1-18-10-8-15-13(16-14)17-9-4-6-11-5-2-3-7-12(11)17/h11-12H,2-10,14H2,1H3,(H,15,16). The number of nitrogens with one attached hydrogen (secondary N) is 1. The second kappa shape index (κ2) is 6.95. The highest BCUT2D eigenvalue weighted by atomic mass is 16.5. The quantitative estimate of drug-likeness (QED) is 0.260. The summed E-state index contributed by atoms with van der Waals surface area (Å²) in [5.41, 5.74) is 2.78. The number of hydrogen-bond acceptors (Lipinski definition) is 3. The van der Waals surface area contributed by atoms with Crippen LogP contribution in [0.3, 0.4) is 0 Å². The highest BCUT2D eigenvalue weighted by Crippen LogP contribution is 2.35. The highest BCUT2D eigenvalue weighted by Gasteiger charge is 2.34. The minimum absolute atomic E-state index is 0.643. The van der Waals surface area contributed by atoms with Gasteiger partial charge in [-0.2, -0.15) is 0 Å². The van der Waals surface area contributed by atoms with Gasteiger partial charge in [-0.25, -0.2) is 10.8 Å². The topological polar surface area (TPSA) is 62.9 Å². The number of likely N-dealkylation sites (tertiary alicyclic amines) is 1. The summed E-state index contributed by atoms with van der Waals surface area (Å²) in [5.74, 6) is 7.34. The van der Waals surface area contributed by atoms with Crippen LogP contribution in [0.4, 0.5) is 0 Å². The van der Waals surface area contributed by atoms with Crippen molar-refractivity contribution in [3.8, 4) is 0 Å². The predicted octanol–water partition coefficient (Wildman–Crippen LogP) is 1.11. The molecule has 2 unspecified atom stereocenters. The monoisotopic (exact) mass is 254 g/mol. The maximum atomic E-state index is 5.64. The van der Waals surface area contributed by atoms with E-state index in [1.807, 2.05) is 0 Å². The Balaban J connectivity index is 2.01. The number of rotatable bonds is 3. The van der Waals surface area contributed by atoms with Crippen LogP contribution < -0.4 is 11.3 Å². The number of hydrazine groups is 1. The Labute approximate surface area is 110 Å². The smallest absolute Gasteiger partial charge is 0.208 e. The van der Waals surface area contributed by atoms with E-state index in [9.17, 15) is 0 Å². The molecule has 104 valence electrons. The number of aliphatic imine (C=N–C) groups is 1. The van der Waals surface area contributed by atoms with Gasteiger partial charge in [-0.1, -0.05) is 12.8 Å². The van der Waals surface area contributed by atoms with Crippen molar-refractivity contribution in [2.24, 2.45) is 16.8 Å². The van der Waals surface area contributed by atoms with Crippen LogP contribution in [0.5, 0.6) is 0 Å². The van der Waals surface area contributed by atoms with Crippen molar-refractivity contribution in [2.45, 2.75) is 44.6 Å². The van der Waals surface area contributed by atoms with Crippen molar-refractivity contribution in [3.05, 3.63) is 0 Å². The molecule has 1 aliphatic heterocycles. The molecule has 1 saturated heterocycles. The lowest BCUT2D eigenvalue weighted by Crippen LogP contribution is -2.55. The molecule has 1 aliphatic carbocycles. The molecule has 0 aromatic heterocycles. The van der Waals surface area contributed by atoms with Crippen LogP contribution >= 0.6 is 0 Å². The SMILES string of the molecule is COCCN=C(NN)N1CCCC2CCCCC21. The van der Waals surface area contributed by atoms with Gasteiger partial charge >= 0.3 is 0 Å². The average Bonchev–Trinajstić information content (AvgIpc) is 2.43. The minimum Gasteiger partial charge on any atom is -0.383 e. The van der Waals surface area contributed by atoms with Gasteiger partial charge < -0.3 is 9.64 Å². The van der Waals surface area contributed by atoms with Crippen molar-refractivity contribution in [3.63, 3.8) is 0 Å². The maximum absolute atomic E-state index is 5.64. The Bertz CT molecular complexity index is 280. The first-order valence-corrected chi connectivity index (χ1v) is 7.13. The fraction of sp³-hybridized carbons (Fsp3) is 0.923. The summed E-state index contributed by atoms with van der Waals surface area (Å²) in [6.45, 7) is 2.40. The normalized spacial score (nSPS) is 29.0. The maximum Gasteiger partial charge on any atom is 0.208 e. The number of hydrogen-bond donors (Lipinski definition) is 2. The Hall–Kier alpha value is -0.810. The minimum atomic E-state index is 0.643. The van der Waals surface area contributed by atoms with Gasteiger partial charge in [0.05, 0.1) is 13.2 Å². The van der Waals surface area contributed by atoms with E-state index in [-0.39, 0.29) is 0 Å². The summed E-state index contributed by atoms with van der Waals surface area (Å²) < 4.78 is 5.04. The van der Waals surface area contributed by atoms with Crippen molar-refractivity contribution < 1.29 is 4.74 Å². The Morgan fingerprint density at radius 1 is 1.33 bits per heavy atom. The first-order valence-electron chi connectivity index (χ1n) is 7.13. The zero-order valence-corrected chi connectivity index (χ0v) is 11.4. The molecule has 0 radical (unpaired) electrons. The fourth-order valence-corrected chi connectivity index (χ4v) is 3.35. The molecule has 2 aliphatic rings. The lowest BCUT2D eigenvalue weighted by molar-refractivity contribution is 0.115. The molecule has 2 rings (SSSR count). The van der Waals surface area contributed by atoms with Crippen LogP contribution in [0.2, 0.25) is 0 Å². The highest BCUT2D eigenvalue weighted by molar-refractivity contribution is 5.79. The molecule has 1 heterocycles. The first-order chi connectivity index (χ1) is 8.86. The van der Waals surface area contributed by atoms with Gasteiger partial charge in [-0.05, 0) is 31.6 Å². The van der Waals surface area contributed by atoms with Gasteiger partial charge in [0.15, 0.2) is 0 Å².